The Hall–Kier alpha value is -1.62. The van der Waals surface area contributed by atoms with Crippen molar-refractivity contribution >= 4 is 17.6 Å². The van der Waals surface area contributed by atoms with Gasteiger partial charge in [-0.15, -0.1) is 0 Å². The van der Waals surface area contributed by atoms with Crippen LogP contribution in [0.15, 0.2) is 17.1 Å². The summed E-state index contributed by atoms with van der Waals surface area (Å²) in [4.78, 5) is 4.31. The number of hydrogen-bond donors (Lipinski definition) is 2. The number of ether oxygens (including phenoxy) is 2. The van der Waals surface area contributed by atoms with Crippen LogP contribution in [0.5, 0.6) is 11.5 Å². The molecule has 0 amide bonds. The fourth-order valence-corrected chi connectivity index (χ4v) is 2.20. The SMILES string of the molecule is CC(C)CNC(N)=NCc1cc(Cl)c2c(c1)OCCCO2. The highest BCUT2D eigenvalue weighted by Crippen LogP contribution is 2.38. The van der Waals surface area contributed by atoms with E-state index in [0.29, 0.717) is 48.2 Å². The molecule has 0 bridgehead atoms. The molecule has 2 rings (SSSR count). The van der Waals surface area contributed by atoms with Crippen molar-refractivity contribution in [2.45, 2.75) is 26.8 Å². The van der Waals surface area contributed by atoms with Crippen LogP contribution >= 0.6 is 11.6 Å². The molecule has 5 nitrogen and oxygen atoms in total. The summed E-state index contributed by atoms with van der Waals surface area (Å²) in [5, 5.41) is 3.63. The lowest BCUT2D eigenvalue weighted by Crippen LogP contribution is -2.34. The summed E-state index contributed by atoms with van der Waals surface area (Å²) in [6, 6.07) is 3.75. The van der Waals surface area contributed by atoms with Crippen LogP contribution in [0.3, 0.4) is 0 Å². The molecule has 1 heterocycles. The number of rotatable bonds is 4. The lowest BCUT2D eigenvalue weighted by atomic mass is 10.2. The first kappa shape index (κ1) is 15.8. The normalized spacial score (nSPS) is 15.0. The molecule has 116 valence electrons. The zero-order valence-corrected chi connectivity index (χ0v) is 13.2. The number of nitrogens with two attached hydrogens (primary N) is 1. The van der Waals surface area contributed by atoms with E-state index in [1.165, 1.54) is 0 Å². The molecule has 0 spiro atoms. The molecule has 0 saturated carbocycles. The van der Waals surface area contributed by atoms with Crippen molar-refractivity contribution in [3.05, 3.63) is 22.7 Å². The first-order valence-electron chi connectivity index (χ1n) is 7.18. The highest BCUT2D eigenvalue weighted by atomic mass is 35.5. The minimum atomic E-state index is 0.437. The zero-order valence-electron chi connectivity index (χ0n) is 12.5. The molecule has 0 saturated heterocycles. The van der Waals surface area contributed by atoms with E-state index in [4.69, 9.17) is 26.8 Å². The Labute approximate surface area is 130 Å². The van der Waals surface area contributed by atoms with Crippen molar-refractivity contribution in [1.29, 1.82) is 0 Å². The minimum Gasteiger partial charge on any atom is -0.489 e. The summed E-state index contributed by atoms with van der Waals surface area (Å²) < 4.78 is 11.2. The molecule has 1 aromatic carbocycles. The summed E-state index contributed by atoms with van der Waals surface area (Å²) in [5.41, 5.74) is 6.76. The third-order valence-corrected chi connectivity index (χ3v) is 3.27. The molecular weight excluding hydrogens is 290 g/mol. The molecule has 0 radical (unpaired) electrons. The maximum atomic E-state index is 6.24. The highest BCUT2D eigenvalue weighted by molar-refractivity contribution is 6.32. The highest BCUT2D eigenvalue weighted by Gasteiger charge is 2.15. The van der Waals surface area contributed by atoms with Crippen molar-refractivity contribution in [1.82, 2.24) is 5.32 Å². The molecule has 0 aromatic heterocycles. The number of halogens is 1. The van der Waals surface area contributed by atoms with Crippen LogP contribution in [-0.4, -0.2) is 25.7 Å². The third-order valence-electron chi connectivity index (χ3n) is 2.99. The van der Waals surface area contributed by atoms with Gasteiger partial charge >= 0.3 is 0 Å². The molecule has 3 N–H and O–H groups in total. The van der Waals surface area contributed by atoms with Gasteiger partial charge in [0.05, 0.1) is 24.8 Å². The Morgan fingerprint density at radius 3 is 2.90 bits per heavy atom. The van der Waals surface area contributed by atoms with Crippen molar-refractivity contribution in [2.75, 3.05) is 19.8 Å². The standard InChI is InChI=1S/C15H22ClN3O2/c1-10(2)8-18-15(17)19-9-11-6-12(16)14-13(7-11)20-4-3-5-21-14/h6-7,10H,3-5,8-9H2,1-2H3,(H3,17,18,19). The number of nitrogens with one attached hydrogen (secondary N) is 1. The van der Waals surface area contributed by atoms with Gasteiger partial charge in [-0.3, -0.25) is 0 Å². The van der Waals surface area contributed by atoms with E-state index >= 15 is 0 Å². The Bertz CT molecular complexity index is 518. The largest absolute Gasteiger partial charge is 0.489 e. The zero-order chi connectivity index (χ0) is 15.2. The summed E-state index contributed by atoms with van der Waals surface area (Å²) in [6.45, 7) is 6.74. The maximum absolute atomic E-state index is 6.24. The Balaban J connectivity index is 2.05. The van der Waals surface area contributed by atoms with E-state index in [-0.39, 0.29) is 0 Å². The van der Waals surface area contributed by atoms with Gasteiger partial charge in [0.2, 0.25) is 0 Å². The number of hydrogen-bond acceptors (Lipinski definition) is 3. The lowest BCUT2D eigenvalue weighted by Gasteiger charge is -2.11. The molecule has 21 heavy (non-hydrogen) atoms. The van der Waals surface area contributed by atoms with E-state index in [1.807, 2.05) is 12.1 Å². The molecule has 1 aliphatic rings. The number of guanidine groups is 1. The Morgan fingerprint density at radius 2 is 2.14 bits per heavy atom. The van der Waals surface area contributed by atoms with E-state index in [1.54, 1.807) is 0 Å². The van der Waals surface area contributed by atoms with Crippen LogP contribution in [0.25, 0.3) is 0 Å². The number of aliphatic imine (C=N–C) groups is 1. The lowest BCUT2D eigenvalue weighted by molar-refractivity contribution is 0.297. The second-order valence-corrected chi connectivity index (χ2v) is 5.84. The van der Waals surface area contributed by atoms with Crippen LogP contribution < -0.4 is 20.5 Å². The molecule has 1 aliphatic heterocycles. The number of fused-ring (bicyclic) bond motifs is 1. The fourth-order valence-electron chi connectivity index (χ4n) is 1.92. The van der Waals surface area contributed by atoms with Crippen molar-refractivity contribution in [3.63, 3.8) is 0 Å². The monoisotopic (exact) mass is 311 g/mol. The molecule has 6 heteroatoms. The van der Waals surface area contributed by atoms with Crippen molar-refractivity contribution < 1.29 is 9.47 Å². The van der Waals surface area contributed by atoms with Gasteiger partial charge in [0, 0.05) is 13.0 Å². The van der Waals surface area contributed by atoms with Crippen molar-refractivity contribution in [3.8, 4) is 11.5 Å². The second kappa shape index (κ2) is 7.41. The molecular formula is C15H22ClN3O2. The van der Waals surface area contributed by atoms with Gasteiger partial charge in [-0.1, -0.05) is 25.4 Å². The summed E-state index contributed by atoms with van der Waals surface area (Å²) in [5.74, 6) is 2.25. The van der Waals surface area contributed by atoms with Crippen molar-refractivity contribution in [2.24, 2.45) is 16.6 Å². The van der Waals surface area contributed by atoms with E-state index < -0.39 is 0 Å². The first-order chi connectivity index (χ1) is 10.1. The fraction of sp³-hybridized carbons (Fsp3) is 0.533. The van der Waals surface area contributed by atoms with E-state index in [9.17, 15) is 0 Å². The van der Waals surface area contributed by atoms with Crippen LogP contribution in [0.2, 0.25) is 5.02 Å². The number of benzene rings is 1. The third kappa shape index (κ3) is 4.70. The van der Waals surface area contributed by atoms with Gasteiger partial charge in [0.1, 0.15) is 0 Å². The molecule has 0 aliphatic carbocycles. The van der Waals surface area contributed by atoms with Crippen LogP contribution in [0, 0.1) is 5.92 Å². The van der Waals surface area contributed by atoms with Crippen LogP contribution in [0.4, 0.5) is 0 Å². The molecule has 0 fully saturated rings. The Kier molecular flexibility index (Phi) is 5.56. The predicted octanol–water partition coefficient (Wildman–Crippen LogP) is 2.56. The van der Waals surface area contributed by atoms with Crippen LogP contribution in [0.1, 0.15) is 25.8 Å². The van der Waals surface area contributed by atoms with Gasteiger partial charge in [-0.2, -0.15) is 0 Å². The average molecular weight is 312 g/mol. The Morgan fingerprint density at radius 1 is 1.38 bits per heavy atom. The smallest absolute Gasteiger partial charge is 0.188 e. The molecule has 1 aromatic rings. The minimum absolute atomic E-state index is 0.437. The molecule has 0 atom stereocenters. The van der Waals surface area contributed by atoms with Gasteiger partial charge in [-0.05, 0) is 23.6 Å². The quantitative estimate of drug-likeness (QED) is 0.662. The maximum Gasteiger partial charge on any atom is 0.188 e. The van der Waals surface area contributed by atoms with E-state index in [2.05, 4.69) is 24.2 Å². The topological polar surface area (TPSA) is 68.9 Å². The van der Waals surface area contributed by atoms with Gasteiger partial charge in [-0.25, -0.2) is 4.99 Å². The van der Waals surface area contributed by atoms with E-state index in [0.717, 1.165) is 18.5 Å². The number of nitrogens with zero attached hydrogens (tertiary/aromatic N) is 1. The van der Waals surface area contributed by atoms with Gasteiger partial charge < -0.3 is 20.5 Å². The van der Waals surface area contributed by atoms with Gasteiger partial charge in [0.15, 0.2) is 17.5 Å². The molecule has 0 unspecified atom stereocenters. The van der Waals surface area contributed by atoms with Crippen LogP contribution in [-0.2, 0) is 6.54 Å². The average Bonchev–Trinajstić information content (AvgIpc) is 2.68. The summed E-state index contributed by atoms with van der Waals surface area (Å²) >= 11 is 6.24. The summed E-state index contributed by atoms with van der Waals surface area (Å²) in [6.07, 6.45) is 0.852. The van der Waals surface area contributed by atoms with Gasteiger partial charge in [0.25, 0.3) is 0 Å². The first-order valence-corrected chi connectivity index (χ1v) is 7.56. The second-order valence-electron chi connectivity index (χ2n) is 5.43. The summed E-state index contributed by atoms with van der Waals surface area (Å²) in [7, 11) is 0. The predicted molar refractivity (Wildman–Crippen MR) is 85.2 cm³/mol.